The van der Waals surface area contributed by atoms with Crippen molar-refractivity contribution in [3.05, 3.63) is 0 Å². The molecular weight excluding hydrogens is 208 g/mol. The fourth-order valence-corrected chi connectivity index (χ4v) is 2.07. The van der Waals surface area contributed by atoms with Gasteiger partial charge >= 0.3 is 5.97 Å². The Morgan fingerprint density at radius 3 is 2.38 bits per heavy atom. The zero-order valence-electron chi connectivity index (χ0n) is 9.98. The van der Waals surface area contributed by atoms with Crippen LogP contribution in [0.25, 0.3) is 0 Å². The lowest BCUT2D eigenvalue weighted by Crippen LogP contribution is -2.26. The van der Waals surface area contributed by atoms with Crippen molar-refractivity contribution in [3.8, 4) is 0 Å². The molecule has 0 heterocycles. The highest BCUT2D eigenvalue weighted by molar-refractivity contribution is 5.69. The Morgan fingerprint density at radius 1 is 1.19 bits per heavy atom. The van der Waals surface area contributed by atoms with Crippen molar-refractivity contribution in [1.29, 1.82) is 0 Å². The van der Waals surface area contributed by atoms with Crippen molar-refractivity contribution in [3.63, 3.8) is 0 Å². The van der Waals surface area contributed by atoms with Gasteiger partial charge in [0.15, 0.2) is 0 Å². The first kappa shape index (κ1) is 13.5. The average molecular weight is 230 g/mol. The van der Waals surface area contributed by atoms with Crippen LogP contribution in [0.1, 0.15) is 38.5 Å². The number of unbranched alkanes of at least 4 members (excludes halogenated alkanes) is 1. The largest absolute Gasteiger partial charge is 0.481 e. The maximum absolute atomic E-state index is 10.7. The molecule has 0 amide bonds. The number of rotatable bonds is 7. The molecule has 4 heteroatoms. The van der Waals surface area contributed by atoms with Crippen LogP contribution in [-0.2, 0) is 14.3 Å². The quantitative estimate of drug-likeness (QED) is 0.680. The molecular formula is C12H22O4. The predicted molar refractivity (Wildman–Crippen MR) is 60.4 cm³/mol. The van der Waals surface area contributed by atoms with Crippen molar-refractivity contribution in [2.45, 2.75) is 44.6 Å². The van der Waals surface area contributed by atoms with Gasteiger partial charge in [0.1, 0.15) is 0 Å². The molecule has 0 aromatic heterocycles. The van der Waals surface area contributed by atoms with Crippen LogP contribution in [-0.4, -0.2) is 37.5 Å². The molecule has 94 valence electrons. The van der Waals surface area contributed by atoms with Crippen molar-refractivity contribution in [2.24, 2.45) is 5.92 Å². The van der Waals surface area contributed by atoms with Crippen LogP contribution >= 0.6 is 0 Å². The molecule has 4 nitrogen and oxygen atoms in total. The fraction of sp³-hybridized carbons (Fsp3) is 0.917. The highest BCUT2D eigenvalue weighted by Gasteiger charge is 2.25. The SMILES string of the molecule is COCCCCOC1CCC(C(=O)O)CC1. The monoisotopic (exact) mass is 230 g/mol. The van der Waals surface area contributed by atoms with Crippen LogP contribution in [0.4, 0.5) is 0 Å². The first-order valence-electron chi connectivity index (χ1n) is 6.07. The van der Waals surface area contributed by atoms with Crippen molar-refractivity contribution in [2.75, 3.05) is 20.3 Å². The van der Waals surface area contributed by atoms with Gasteiger partial charge < -0.3 is 14.6 Å². The van der Waals surface area contributed by atoms with Gasteiger partial charge in [-0.15, -0.1) is 0 Å². The fourth-order valence-electron chi connectivity index (χ4n) is 2.07. The van der Waals surface area contributed by atoms with Gasteiger partial charge in [-0.2, -0.15) is 0 Å². The van der Waals surface area contributed by atoms with Gasteiger partial charge in [0.2, 0.25) is 0 Å². The van der Waals surface area contributed by atoms with Gasteiger partial charge in [0.25, 0.3) is 0 Å². The zero-order chi connectivity index (χ0) is 11.8. The summed E-state index contributed by atoms with van der Waals surface area (Å²) in [6, 6.07) is 0. The Morgan fingerprint density at radius 2 is 1.81 bits per heavy atom. The van der Waals surface area contributed by atoms with Crippen molar-refractivity contribution in [1.82, 2.24) is 0 Å². The van der Waals surface area contributed by atoms with E-state index in [1.807, 2.05) is 0 Å². The Kier molecular flexibility index (Phi) is 6.42. The van der Waals surface area contributed by atoms with Gasteiger partial charge in [0.05, 0.1) is 12.0 Å². The third-order valence-corrected chi connectivity index (χ3v) is 3.12. The molecule has 0 aromatic carbocycles. The Bertz CT molecular complexity index is 197. The maximum Gasteiger partial charge on any atom is 0.306 e. The van der Waals surface area contributed by atoms with Crippen LogP contribution in [0.15, 0.2) is 0 Å². The van der Waals surface area contributed by atoms with Crippen LogP contribution in [0, 0.1) is 5.92 Å². The lowest BCUT2D eigenvalue weighted by Gasteiger charge is -2.26. The number of hydrogen-bond acceptors (Lipinski definition) is 3. The molecule has 0 bridgehead atoms. The van der Waals surface area contributed by atoms with E-state index >= 15 is 0 Å². The third-order valence-electron chi connectivity index (χ3n) is 3.12. The molecule has 1 aliphatic rings. The van der Waals surface area contributed by atoms with Gasteiger partial charge in [0, 0.05) is 20.3 Å². The molecule has 1 fully saturated rings. The number of carbonyl (C=O) groups is 1. The van der Waals surface area contributed by atoms with Crippen molar-refractivity contribution >= 4 is 5.97 Å². The second kappa shape index (κ2) is 7.63. The maximum atomic E-state index is 10.7. The molecule has 0 radical (unpaired) electrons. The number of hydrogen-bond donors (Lipinski definition) is 1. The first-order chi connectivity index (χ1) is 7.74. The van der Waals surface area contributed by atoms with E-state index < -0.39 is 5.97 Å². The van der Waals surface area contributed by atoms with E-state index in [4.69, 9.17) is 14.6 Å². The molecule has 0 atom stereocenters. The molecule has 0 saturated heterocycles. The van der Waals surface area contributed by atoms with E-state index in [2.05, 4.69) is 0 Å². The zero-order valence-corrected chi connectivity index (χ0v) is 9.98. The Labute approximate surface area is 96.9 Å². The van der Waals surface area contributed by atoms with E-state index in [0.29, 0.717) is 0 Å². The predicted octanol–water partition coefficient (Wildman–Crippen LogP) is 2.07. The molecule has 0 unspecified atom stereocenters. The lowest BCUT2D eigenvalue weighted by molar-refractivity contribution is -0.143. The third kappa shape index (κ3) is 4.94. The van der Waals surface area contributed by atoms with E-state index in [9.17, 15) is 4.79 Å². The topological polar surface area (TPSA) is 55.8 Å². The summed E-state index contributed by atoms with van der Waals surface area (Å²) in [6.45, 7) is 1.56. The van der Waals surface area contributed by atoms with Crippen LogP contribution in [0.2, 0.25) is 0 Å². The minimum absolute atomic E-state index is 0.145. The van der Waals surface area contributed by atoms with Crippen LogP contribution in [0.3, 0.4) is 0 Å². The smallest absolute Gasteiger partial charge is 0.306 e. The second-order valence-electron chi connectivity index (χ2n) is 4.38. The highest BCUT2D eigenvalue weighted by atomic mass is 16.5. The standard InChI is InChI=1S/C12H22O4/c1-15-8-2-3-9-16-11-6-4-10(5-7-11)12(13)14/h10-11H,2-9H2,1H3,(H,13,14). The molecule has 0 aromatic rings. The summed E-state index contributed by atoms with van der Waals surface area (Å²) in [6.07, 6.45) is 5.63. The molecule has 1 saturated carbocycles. The normalized spacial score (nSPS) is 25.6. The number of methoxy groups -OCH3 is 1. The van der Waals surface area contributed by atoms with Crippen LogP contribution in [0.5, 0.6) is 0 Å². The number of aliphatic carboxylic acids is 1. The summed E-state index contributed by atoms with van der Waals surface area (Å²) in [7, 11) is 1.70. The molecule has 1 aliphatic carbocycles. The minimum atomic E-state index is -0.654. The van der Waals surface area contributed by atoms with Gasteiger partial charge in [-0.25, -0.2) is 0 Å². The summed E-state index contributed by atoms with van der Waals surface area (Å²) in [5.41, 5.74) is 0. The van der Waals surface area contributed by atoms with Gasteiger partial charge in [-0.05, 0) is 38.5 Å². The van der Waals surface area contributed by atoms with Gasteiger partial charge in [-0.1, -0.05) is 0 Å². The lowest BCUT2D eigenvalue weighted by atomic mass is 9.87. The number of ether oxygens (including phenoxy) is 2. The minimum Gasteiger partial charge on any atom is -0.481 e. The molecule has 0 spiro atoms. The highest BCUT2D eigenvalue weighted by Crippen LogP contribution is 2.26. The van der Waals surface area contributed by atoms with Crippen LogP contribution < -0.4 is 0 Å². The van der Waals surface area contributed by atoms with E-state index in [1.165, 1.54) is 0 Å². The summed E-state index contributed by atoms with van der Waals surface area (Å²) >= 11 is 0. The summed E-state index contributed by atoms with van der Waals surface area (Å²) in [4.78, 5) is 10.7. The molecule has 1 rings (SSSR count). The Balaban J connectivity index is 2.02. The molecule has 1 N–H and O–H groups in total. The summed E-state index contributed by atoms with van der Waals surface area (Å²) in [5.74, 6) is -0.799. The summed E-state index contributed by atoms with van der Waals surface area (Å²) < 4.78 is 10.7. The van der Waals surface area contributed by atoms with E-state index in [0.717, 1.165) is 51.7 Å². The van der Waals surface area contributed by atoms with Crippen molar-refractivity contribution < 1.29 is 19.4 Å². The molecule has 16 heavy (non-hydrogen) atoms. The number of carboxylic acids is 1. The number of carboxylic acid groups (broad SMARTS) is 1. The first-order valence-corrected chi connectivity index (χ1v) is 6.07. The average Bonchev–Trinajstić information content (AvgIpc) is 2.29. The van der Waals surface area contributed by atoms with E-state index in [-0.39, 0.29) is 12.0 Å². The summed E-state index contributed by atoms with van der Waals surface area (Å²) in [5, 5.41) is 8.84. The Hall–Kier alpha value is -0.610. The molecule has 0 aliphatic heterocycles. The van der Waals surface area contributed by atoms with Gasteiger partial charge in [-0.3, -0.25) is 4.79 Å². The second-order valence-corrected chi connectivity index (χ2v) is 4.38. The van der Waals surface area contributed by atoms with E-state index in [1.54, 1.807) is 7.11 Å².